The van der Waals surface area contributed by atoms with Crippen molar-refractivity contribution in [2.75, 3.05) is 6.61 Å². The van der Waals surface area contributed by atoms with Gasteiger partial charge in [-0.1, -0.05) is 62.4 Å². The highest BCUT2D eigenvalue weighted by atomic mass is 16.8. The molecule has 1 aliphatic rings. The lowest BCUT2D eigenvalue weighted by atomic mass is 9.78. The van der Waals surface area contributed by atoms with E-state index in [1.54, 1.807) is 0 Å². The lowest BCUT2D eigenvalue weighted by Gasteiger charge is -2.26. The number of hydrogen-bond acceptors (Lipinski definition) is 3. The smallest absolute Gasteiger partial charge is 0.181 e. The molecule has 3 nitrogen and oxygen atoms in total. The third-order valence-corrected chi connectivity index (χ3v) is 4.27. The first kappa shape index (κ1) is 15.2. The number of aliphatic hydroxyl groups is 1. The van der Waals surface area contributed by atoms with Crippen LogP contribution in [0.5, 0.6) is 0 Å². The highest BCUT2D eigenvalue weighted by Crippen LogP contribution is 2.31. The van der Waals surface area contributed by atoms with E-state index in [0.717, 1.165) is 17.7 Å². The normalized spacial score (nSPS) is 17.5. The van der Waals surface area contributed by atoms with Crippen LogP contribution >= 0.6 is 0 Å². The maximum atomic E-state index is 9.15. The summed E-state index contributed by atoms with van der Waals surface area (Å²) in [5, 5.41) is 9.15. The fourth-order valence-corrected chi connectivity index (χ4v) is 2.54. The fraction of sp³-hybridized carbons (Fsp3) is 0.368. The third kappa shape index (κ3) is 3.38. The van der Waals surface area contributed by atoms with Crippen molar-refractivity contribution in [1.82, 2.24) is 0 Å². The number of rotatable bonds is 6. The molecule has 3 rings (SSSR count). The molecule has 0 aliphatic carbocycles. The summed E-state index contributed by atoms with van der Waals surface area (Å²) in [6.07, 6.45) is 0.00107. The topological polar surface area (TPSA) is 42.0 Å². The summed E-state index contributed by atoms with van der Waals surface area (Å²) in [6.45, 7) is 5.82. The summed E-state index contributed by atoms with van der Waals surface area (Å²) in [5.41, 5.74) is 4.52. The van der Waals surface area contributed by atoms with Gasteiger partial charge < -0.3 is 14.6 Å². The molecule has 1 fully saturated rings. The van der Waals surface area contributed by atoms with Gasteiger partial charge in [0, 0.05) is 5.41 Å². The van der Waals surface area contributed by atoms with Gasteiger partial charge in [0.15, 0.2) is 6.29 Å². The van der Waals surface area contributed by atoms with Crippen molar-refractivity contribution in [1.29, 1.82) is 0 Å². The lowest BCUT2D eigenvalue weighted by Crippen LogP contribution is -2.18. The maximum absolute atomic E-state index is 9.15. The molecule has 116 valence electrons. The lowest BCUT2D eigenvalue weighted by molar-refractivity contribution is 0.0386. The molecule has 0 radical (unpaired) electrons. The van der Waals surface area contributed by atoms with E-state index in [1.165, 1.54) is 11.1 Å². The van der Waals surface area contributed by atoms with Crippen molar-refractivity contribution < 1.29 is 14.6 Å². The second-order valence-corrected chi connectivity index (χ2v) is 6.25. The Morgan fingerprint density at radius 3 is 1.95 bits per heavy atom. The first-order valence-electron chi connectivity index (χ1n) is 7.62. The zero-order valence-electron chi connectivity index (χ0n) is 13.1. The Morgan fingerprint density at radius 1 is 1.00 bits per heavy atom. The van der Waals surface area contributed by atoms with Gasteiger partial charge in [0.1, 0.15) is 6.61 Å². The van der Waals surface area contributed by atoms with Crippen LogP contribution < -0.4 is 0 Å². The average molecular weight is 298 g/mol. The monoisotopic (exact) mass is 298 g/mol. The van der Waals surface area contributed by atoms with Gasteiger partial charge >= 0.3 is 0 Å². The largest absolute Gasteiger partial charge is 0.392 e. The number of epoxide rings is 1. The molecule has 1 heterocycles. The molecule has 3 heteroatoms. The SMILES string of the molecule is CC(C)(c1ccc(CO)cc1)c1ccc(COC2CO2)cc1. The van der Waals surface area contributed by atoms with Crippen molar-refractivity contribution in [2.45, 2.75) is 38.8 Å². The second kappa shape index (κ2) is 6.21. The average Bonchev–Trinajstić information content (AvgIpc) is 3.38. The quantitative estimate of drug-likeness (QED) is 0.831. The summed E-state index contributed by atoms with van der Waals surface area (Å²) in [7, 11) is 0. The van der Waals surface area contributed by atoms with Crippen LogP contribution in [-0.2, 0) is 28.1 Å². The minimum atomic E-state index is -0.0764. The Hall–Kier alpha value is -1.68. The van der Waals surface area contributed by atoms with Crippen molar-refractivity contribution in [2.24, 2.45) is 0 Å². The Labute approximate surface area is 131 Å². The molecular formula is C19H22O3. The van der Waals surface area contributed by atoms with Crippen LogP contribution in [0, 0.1) is 0 Å². The third-order valence-electron chi connectivity index (χ3n) is 4.27. The van der Waals surface area contributed by atoms with Crippen LogP contribution in [0.4, 0.5) is 0 Å². The molecule has 2 aromatic rings. The summed E-state index contributed by atoms with van der Waals surface area (Å²) in [6, 6.07) is 16.7. The van der Waals surface area contributed by atoms with E-state index in [0.29, 0.717) is 6.61 Å². The molecular weight excluding hydrogens is 276 g/mol. The Kier molecular flexibility index (Phi) is 4.30. The van der Waals surface area contributed by atoms with Gasteiger partial charge in [0.2, 0.25) is 0 Å². The Bertz CT molecular complexity index is 610. The second-order valence-electron chi connectivity index (χ2n) is 6.25. The van der Waals surface area contributed by atoms with Gasteiger partial charge in [-0.3, -0.25) is 0 Å². The van der Waals surface area contributed by atoms with E-state index >= 15 is 0 Å². The molecule has 1 atom stereocenters. The maximum Gasteiger partial charge on any atom is 0.181 e. The summed E-state index contributed by atoms with van der Waals surface area (Å²) in [4.78, 5) is 0. The number of hydrogen-bond donors (Lipinski definition) is 1. The molecule has 0 amide bonds. The van der Waals surface area contributed by atoms with Crippen LogP contribution in [0.2, 0.25) is 0 Å². The molecule has 22 heavy (non-hydrogen) atoms. The van der Waals surface area contributed by atoms with Gasteiger partial charge in [0.25, 0.3) is 0 Å². The molecule has 0 spiro atoms. The molecule has 0 bridgehead atoms. The molecule has 1 saturated heterocycles. The van der Waals surface area contributed by atoms with Crippen molar-refractivity contribution >= 4 is 0 Å². The van der Waals surface area contributed by atoms with Crippen molar-refractivity contribution in [3.63, 3.8) is 0 Å². The Morgan fingerprint density at radius 2 is 1.50 bits per heavy atom. The summed E-state index contributed by atoms with van der Waals surface area (Å²) < 4.78 is 10.6. The zero-order valence-corrected chi connectivity index (χ0v) is 13.1. The number of aliphatic hydroxyl groups excluding tert-OH is 1. The summed E-state index contributed by atoms with van der Waals surface area (Å²) >= 11 is 0. The van der Waals surface area contributed by atoms with Crippen LogP contribution in [0.1, 0.15) is 36.1 Å². The number of benzene rings is 2. The van der Waals surface area contributed by atoms with E-state index in [1.807, 2.05) is 12.1 Å². The Balaban J connectivity index is 1.74. The molecule has 1 N–H and O–H groups in total. The van der Waals surface area contributed by atoms with E-state index < -0.39 is 0 Å². The van der Waals surface area contributed by atoms with Crippen LogP contribution in [0.25, 0.3) is 0 Å². The molecule has 2 aromatic carbocycles. The van der Waals surface area contributed by atoms with Crippen LogP contribution in [-0.4, -0.2) is 18.0 Å². The molecule has 0 aromatic heterocycles. The highest BCUT2D eigenvalue weighted by molar-refractivity contribution is 5.39. The van der Waals surface area contributed by atoms with Crippen molar-refractivity contribution in [3.8, 4) is 0 Å². The number of ether oxygens (including phenoxy) is 2. The minimum Gasteiger partial charge on any atom is -0.392 e. The van der Waals surface area contributed by atoms with Gasteiger partial charge in [0.05, 0.1) is 13.2 Å². The predicted molar refractivity (Wildman–Crippen MR) is 85.5 cm³/mol. The predicted octanol–water partition coefficient (Wildman–Crippen LogP) is 3.38. The van der Waals surface area contributed by atoms with Gasteiger partial charge in [-0.15, -0.1) is 0 Å². The van der Waals surface area contributed by atoms with Gasteiger partial charge in [-0.05, 0) is 22.3 Å². The van der Waals surface area contributed by atoms with Crippen LogP contribution in [0.15, 0.2) is 48.5 Å². The van der Waals surface area contributed by atoms with Crippen LogP contribution in [0.3, 0.4) is 0 Å². The first-order valence-corrected chi connectivity index (χ1v) is 7.62. The molecule has 0 saturated carbocycles. The van der Waals surface area contributed by atoms with E-state index in [9.17, 15) is 0 Å². The molecule has 1 unspecified atom stereocenters. The van der Waals surface area contributed by atoms with Crippen molar-refractivity contribution in [3.05, 3.63) is 70.8 Å². The first-order chi connectivity index (χ1) is 10.6. The van der Waals surface area contributed by atoms with Gasteiger partial charge in [-0.2, -0.15) is 0 Å². The minimum absolute atomic E-state index is 0.00107. The van der Waals surface area contributed by atoms with E-state index in [2.05, 4.69) is 50.2 Å². The highest BCUT2D eigenvalue weighted by Gasteiger charge is 2.24. The standard InChI is InChI=1S/C19H22O3/c1-19(2,16-7-3-14(11-20)4-8-16)17-9-5-15(6-10-17)12-21-18-13-22-18/h3-10,18,20H,11-13H2,1-2H3. The van der Waals surface area contributed by atoms with E-state index in [4.69, 9.17) is 14.6 Å². The van der Waals surface area contributed by atoms with E-state index in [-0.39, 0.29) is 18.3 Å². The van der Waals surface area contributed by atoms with Gasteiger partial charge in [-0.25, -0.2) is 0 Å². The molecule has 1 aliphatic heterocycles. The fourth-order valence-electron chi connectivity index (χ4n) is 2.54. The zero-order chi connectivity index (χ0) is 15.6. The summed E-state index contributed by atoms with van der Waals surface area (Å²) in [5.74, 6) is 0.